The standard InChI is InChI=1S/C27H29N3O8S2/c1-3-37-23-15-19(7-12-22(23)38-40(35,36)21-10-8-20(9-11-21)28-18(2)31)16-24-26(33)30(27(34)39-24)17-25(32)29-13-5-4-6-14-29/h7-12,15-16H,3-6,13-14,17H2,1-2H3,(H,28,31)/b24-16-. The van der Waals surface area contributed by atoms with Crippen LogP contribution in [0, 0.1) is 0 Å². The maximum absolute atomic E-state index is 12.9. The molecule has 40 heavy (non-hydrogen) atoms. The van der Waals surface area contributed by atoms with Crippen molar-refractivity contribution in [1.82, 2.24) is 9.80 Å². The fourth-order valence-corrected chi connectivity index (χ4v) is 5.97. The summed E-state index contributed by atoms with van der Waals surface area (Å²) >= 11 is 0.734. The van der Waals surface area contributed by atoms with Crippen LogP contribution in [-0.4, -0.2) is 67.4 Å². The van der Waals surface area contributed by atoms with Crippen molar-refractivity contribution in [3.05, 3.63) is 52.9 Å². The van der Waals surface area contributed by atoms with Crippen molar-refractivity contribution in [2.24, 2.45) is 0 Å². The smallest absolute Gasteiger partial charge is 0.339 e. The zero-order valence-electron chi connectivity index (χ0n) is 22.0. The quantitative estimate of drug-likeness (QED) is 0.342. The predicted molar refractivity (Wildman–Crippen MR) is 149 cm³/mol. The van der Waals surface area contributed by atoms with Crippen molar-refractivity contribution < 1.29 is 36.5 Å². The number of benzene rings is 2. The summed E-state index contributed by atoms with van der Waals surface area (Å²) in [6.07, 6.45) is 4.35. The second-order valence-corrected chi connectivity index (χ2v) is 11.6. The molecule has 0 unspecified atom stereocenters. The lowest BCUT2D eigenvalue weighted by molar-refractivity contribution is -0.136. The molecule has 2 aromatic rings. The molecule has 4 rings (SSSR count). The van der Waals surface area contributed by atoms with Gasteiger partial charge in [-0.15, -0.1) is 0 Å². The Hall–Kier alpha value is -3.84. The van der Waals surface area contributed by atoms with Gasteiger partial charge in [-0.1, -0.05) is 6.07 Å². The van der Waals surface area contributed by atoms with Crippen LogP contribution in [0.25, 0.3) is 6.08 Å². The van der Waals surface area contributed by atoms with Gasteiger partial charge in [0.1, 0.15) is 11.4 Å². The molecule has 0 radical (unpaired) electrons. The van der Waals surface area contributed by atoms with Gasteiger partial charge in [-0.25, -0.2) is 0 Å². The Morgan fingerprint density at radius 1 is 1.02 bits per heavy atom. The van der Waals surface area contributed by atoms with Crippen LogP contribution >= 0.6 is 11.8 Å². The first-order valence-electron chi connectivity index (χ1n) is 12.7. The average molecular weight is 588 g/mol. The molecule has 11 nitrogen and oxygen atoms in total. The third kappa shape index (κ3) is 7.02. The third-order valence-electron chi connectivity index (χ3n) is 6.10. The van der Waals surface area contributed by atoms with Crippen molar-refractivity contribution in [3.8, 4) is 11.5 Å². The number of hydrogen-bond donors (Lipinski definition) is 1. The van der Waals surface area contributed by atoms with E-state index in [4.69, 9.17) is 8.92 Å². The second kappa shape index (κ2) is 12.6. The van der Waals surface area contributed by atoms with Crippen LogP contribution < -0.4 is 14.2 Å². The number of anilines is 1. The number of imide groups is 1. The Bertz CT molecular complexity index is 1450. The zero-order chi connectivity index (χ0) is 28.9. The van der Waals surface area contributed by atoms with Crippen LogP contribution in [0.2, 0.25) is 0 Å². The summed E-state index contributed by atoms with van der Waals surface area (Å²) in [5, 5.41) is 2.03. The summed E-state index contributed by atoms with van der Waals surface area (Å²) in [7, 11) is -4.23. The van der Waals surface area contributed by atoms with Gasteiger partial charge in [0.25, 0.3) is 11.1 Å². The van der Waals surface area contributed by atoms with Gasteiger partial charge >= 0.3 is 10.1 Å². The number of carbonyl (C=O) groups is 4. The van der Waals surface area contributed by atoms with Crippen LogP contribution in [0.5, 0.6) is 11.5 Å². The molecule has 2 aliphatic heterocycles. The van der Waals surface area contributed by atoms with Crippen molar-refractivity contribution in [3.63, 3.8) is 0 Å². The number of nitrogens with zero attached hydrogens (tertiary/aromatic N) is 2. The molecule has 4 amide bonds. The molecular weight excluding hydrogens is 558 g/mol. The van der Waals surface area contributed by atoms with E-state index in [9.17, 15) is 27.6 Å². The molecule has 2 saturated heterocycles. The van der Waals surface area contributed by atoms with Crippen molar-refractivity contribution in [2.45, 2.75) is 38.0 Å². The minimum atomic E-state index is -4.23. The summed E-state index contributed by atoms with van der Waals surface area (Å²) in [4.78, 5) is 51.9. The van der Waals surface area contributed by atoms with Gasteiger partial charge in [0, 0.05) is 25.7 Å². The SMILES string of the molecule is CCOc1cc(/C=C2\SC(=O)N(CC(=O)N3CCCCC3)C2=O)ccc1OS(=O)(=O)c1ccc(NC(C)=O)cc1. The number of amides is 4. The van der Waals surface area contributed by atoms with Crippen LogP contribution in [-0.2, 0) is 24.5 Å². The first-order valence-corrected chi connectivity index (χ1v) is 14.9. The number of ether oxygens (including phenoxy) is 1. The molecule has 0 bridgehead atoms. The minimum Gasteiger partial charge on any atom is -0.490 e. The normalized spacial score (nSPS) is 16.8. The summed E-state index contributed by atoms with van der Waals surface area (Å²) in [5.41, 5.74) is 0.909. The number of likely N-dealkylation sites (tertiary alicyclic amines) is 1. The van der Waals surface area contributed by atoms with E-state index < -0.39 is 21.3 Å². The maximum Gasteiger partial charge on any atom is 0.339 e. The Labute approximate surface area is 236 Å². The van der Waals surface area contributed by atoms with E-state index >= 15 is 0 Å². The van der Waals surface area contributed by atoms with Crippen LogP contribution in [0.3, 0.4) is 0 Å². The van der Waals surface area contributed by atoms with Gasteiger partial charge in [0.15, 0.2) is 11.5 Å². The molecule has 212 valence electrons. The van der Waals surface area contributed by atoms with E-state index in [-0.39, 0.29) is 46.3 Å². The highest BCUT2D eigenvalue weighted by molar-refractivity contribution is 8.18. The third-order valence-corrected chi connectivity index (χ3v) is 8.26. The van der Waals surface area contributed by atoms with Gasteiger partial charge in [-0.05, 0) is 86.0 Å². The fourth-order valence-electron chi connectivity index (χ4n) is 4.19. The molecule has 13 heteroatoms. The number of rotatable bonds is 9. The van der Waals surface area contributed by atoms with Crippen LogP contribution in [0.1, 0.15) is 38.7 Å². The molecule has 0 spiro atoms. The lowest BCUT2D eigenvalue weighted by Crippen LogP contribution is -2.44. The fraction of sp³-hybridized carbons (Fsp3) is 0.333. The van der Waals surface area contributed by atoms with Crippen LogP contribution in [0.15, 0.2) is 52.3 Å². The molecule has 0 saturated carbocycles. The Morgan fingerprint density at radius 3 is 2.38 bits per heavy atom. The van der Waals surface area contributed by atoms with Gasteiger partial charge in [-0.3, -0.25) is 24.1 Å². The largest absolute Gasteiger partial charge is 0.490 e. The van der Waals surface area contributed by atoms with E-state index in [0.29, 0.717) is 24.3 Å². The summed E-state index contributed by atoms with van der Waals surface area (Å²) < 4.78 is 36.7. The Balaban J connectivity index is 1.50. The monoisotopic (exact) mass is 587 g/mol. The maximum atomic E-state index is 12.9. The minimum absolute atomic E-state index is 0.0647. The van der Waals surface area contributed by atoms with Crippen molar-refractivity contribution in [1.29, 1.82) is 0 Å². The van der Waals surface area contributed by atoms with Gasteiger partial charge < -0.3 is 19.1 Å². The van der Waals surface area contributed by atoms with Crippen molar-refractivity contribution >= 4 is 56.6 Å². The highest BCUT2D eigenvalue weighted by Crippen LogP contribution is 2.36. The van der Waals surface area contributed by atoms with Gasteiger partial charge in [-0.2, -0.15) is 8.42 Å². The van der Waals surface area contributed by atoms with E-state index in [1.54, 1.807) is 11.8 Å². The molecule has 2 aromatic carbocycles. The molecule has 2 heterocycles. The molecule has 0 atom stereocenters. The van der Waals surface area contributed by atoms with E-state index in [0.717, 1.165) is 35.9 Å². The highest BCUT2D eigenvalue weighted by atomic mass is 32.2. The summed E-state index contributed by atoms with van der Waals surface area (Å²) in [6.45, 7) is 4.21. The first kappa shape index (κ1) is 29.2. The number of carbonyl (C=O) groups excluding carboxylic acids is 4. The summed E-state index contributed by atoms with van der Waals surface area (Å²) in [5.74, 6) is -1.05. The van der Waals surface area contributed by atoms with E-state index in [1.807, 2.05) is 0 Å². The van der Waals surface area contributed by atoms with Gasteiger partial charge in [0.2, 0.25) is 11.8 Å². The molecule has 0 aliphatic carbocycles. The second-order valence-electron chi connectivity index (χ2n) is 9.09. The number of nitrogens with one attached hydrogen (secondary N) is 1. The lowest BCUT2D eigenvalue weighted by Gasteiger charge is -2.27. The number of hydrogen-bond acceptors (Lipinski definition) is 9. The van der Waals surface area contributed by atoms with E-state index in [1.165, 1.54) is 55.5 Å². The molecule has 0 aromatic heterocycles. The van der Waals surface area contributed by atoms with E-state index in [2.05, 4.69) is 5.32 Å². The molecule has 2 aliphatic rings. The Kier molecular flexibility index (Phi) is 9.15. The zero-order valence-corrected chi connectivity index (χ0v) is 23.7. The predicted octanol–water partition coefficient (Wildman–Crippen LogP) is 3.86. The van der Waals surface area contributed by atoms with Crippen LogP contribution in [0.4, 0.5) is 10.5 Å². The number of piperidine rings is 1. The number of thioether (sulfide) groups is 1. The molecule has 2 fully saturated rings. The molecule has 1 N–H and O–H groups in total. The topological polar surface area (TPSA) is 139 Å². The average Bonchev–Trinajstić information content (AvgIpc) is 3.18. The van der Waals surface area contributed by atoms with Crippen molar-refractivity contribution in [2.75, 3.05) is 31.6 Å². The Morgan fingerprint density at radius 2 is 1.73 bits per heavy atom. The summed E-state index contributed by atoms with van der Waals surface area (Å²) in [6, 6.07) is 9.92. The first-order chi connectivity index (χ1) is 19.1. The lowest BCUT2D eigenvalue weighted by atomic mass is 10.1. The molecular formula is C27H29N3O8S2. The van der Waals surface area contributed by atoms with Gasteiger partial charge in [0.05, 0.1) is 11.5 Å². The highest BCUT2D eigenvalue weighted by Gasteiger charge is 2.37.